The predicted octanol–water partition coefficient (Wildman–Crippen LogP) is 1.23. The van der Waals surface area contributed by atoms with Gasteiger partial charge in [0.1, 0.15) is 12.5 Å². The lowest BCUT2D eigenvalue weighted by Gasteiger charge is -2.07. The number of nitrogens with two attached hydrogens (primary N) is 1. The predicted molar refractivity (Wildman–Crippen MR) is 57.9 cm³/mol. The Balaban J connectivity index is 2.69. The maximum atomic E-state index is 12.5. The molecule has 0 aliphatic heterocycles. The third-order valence-corrected chi connectivity index (χ3v) is 1.91. The molecule has 1 amide bonds. The molecule has 0 aliphatic carbocycles. The van der Waals surface area contributed by atoms with E-state index in [1.165, 1.54) is 0 Å². The zero-order valence-corrected chi connectivity index (χ0v) is 8.48. The number of rotatable bonds is 4. The van der Waals surface area contributed by atoms with E-state index in [-0.39, 0.29) is 12.3 Å². The number of amides is 1. The number of amidine groups is 1. The fourth-order valence-corrected chi connectivity index (χ4v) is 1.15. The minimum Gasteiger partial charge on any atom is -0.409 e. The number of hydrogen-bond donors (Lipinski definition) is 3. The first-order valence-corrected chi connectivity index (χ1v) is 4.57. The molecule has 5 nitrogen and oxygen atoms in total. The van der Waals surface area contributed by atoms with Crippen LogP contribution < -0.4 is 11.1 Å². The van der Waals surface area contributed by atoms with Crippen LogP contribution in [-0.2, 0) is 11.5 Å². The summed E-state index contributed by atoms with van der Waals surface area (Å²) in [6.07, 6.45) is -0.239. The largest absolute Gasteiger partial charge is 0.409 e. The summed E-state index contributed by atoms with van der Waals surface area (Å²) in [5.41, 5.74) is 5.94. The van der Waals surface area contributed by atoms with E-state index in [1.807, 2.05) is 0 Å². The highest BCUT2D eigenvalue weighted by Crippen LogP contribution is 2.16. The summed E-state index contributed by atoms with van der Waals surface area (Å²) in [5, 5.41) is 13.4. The van der Waals surface area contributed by atoms with Crippen molar-refractivity contribution >= 4 is 17.4 Å². The van der Waals surface area contributed by atoms with Gasteiger partial charge in [0.05, 0.1) is 6.42 Å². The van der Waals surface area contributed by atoms with E-state index < -0.39 is 12.6 Å². The number of nitrogens with one attached hydrogen (secondary N) is 1. The Morgan fingerprint density at radius 3 is 2.81 bits per heavy atom. The maximum absolute atomic E-state index is 12.5. The molecule has 0 radical (unpaired) electrons. The van der Waals surface area contributed by atoms with Crippen molar-refractivity contribution in [2.24, 2.45) is 10.9 Å². The standard InChI is InChI=1S/C10H12FN3O2/c11-6-7-3-1-2-4-8(7)13-10(15)5-9(12)14-16/h1-4,16H,5-6H2,(H2,12,14)(H,13,15). The van der Waals surface area contributed by atoms with Gasteiger partial charge in [-0.05, 0) is 6.07 Å². The Morgan fingerprint density at radius 2 is 2.19 bits per heavy atom. The fourth-order valence-electron chi connectivity index (χ4n) is 1.15. The summed E-state index contributed by atoms with van der Waals surface area (Å²) in [6.45, 7) is -0.667. The van der Waals surface area contributed by atoms with Gasteiger partial charge in [0.15, 0.2) is 0 Å². The molecular formula is C10H12FN3O2. The number of para-hydroxylation sites is 1. The monoisotopic (exact) mass is 225 g/mol. The molecule has 0 aromatic heterocycles. The highest BCUT2D eigenvalue weighted by atomic mass is 19.1. The quantitative estimate of drug-likeness (QED) is 0.311. The van der Waals surface area contributed by atoms with E-state index >= 15 is 0 Å². The van der Waals surface area contributed by atoms with Gasteiger partial charge in [-0.25, -0.2) is 4.39 Å². The molecule has 1 aromatic rings. The van der Waals surface area contributed by atoms with E-state index in [4.69, 9.17) is 10.9 Å². The Bertz CT molecular complexity index is 407. The Hall–Kier alpha value is -2.11. The lowest BCUT2D eigenvalue weighted by Crippen LogP contribution is -2.22. The molecule has 16 heavy (non-hydrogen) atoms. The van der Waals surface area contributed by atoms with Crippen LogP contribution in [0.1, 0.15) is 12.0 Å². The van der Waals surface area contributed by atoms with Crippen molar-refractivity contribution in [3.8, 4) is 0 Å². The van der Waals surface area contributed by atoms with Crippen molar-refractivity contribution in [2.45, 2.75) is 13.1 Å². The summed E-state index contributed by atoms with van der Waals surface area (Å²) in [4.78, 5) is 11.3. The third kappa shape index (κ3) is 3.23. The van der Waals surface area contributed by atoms with Crippen LogP contribution in [0.4, 0.5) is 10.1 Å². The number of oxime groups is 1. The summed E-state index contributed by atoms with van der Waals surface area (Å²) < 4.78 is 12.5. The molecule has 0 heterocycles. The van der Waals surface area contributed by atoms with Crippen molar-refractivity contribution in [1.82, 2.24) is 0 Å². The molecule has 0 atom stereocenters. The zero-order chi connectivity index (χ0) is 12.0. The molecule has 0 bridgehead atoms. The van der Waals surface area contributed by atoms with Gasteiger partial charge >= 0.3 is 0 Å². The van der Waals surface area contributed by atoms with E-state index in [0.717, 1.165) is 0 Å². The Morgan fingerprint density at radius 1 is 1.50 bits per heavy atom. The van der Waals surface area contributed by atoms with Gasteiger partial charge < -0.3 is 16.3 Å². The van der Waals surface area contributed by atoms with Gasteiger partial charge in [-0.1, -0.05) is 23.4 Å². The summed E-state index contributed by atoms with van der Waals surface area (Å²) in [7, 11) is 0. The first kappa shape index (κ1) is 12.0. The van der Waals surface area contributed by atoms with Crippen LogP contribution in [0.15, 0.2) is 29.4 Å². The van der Waals surface area contributed by atoms with Crippen LogP contribution in [0.2, 0.25) is 0 Å². The normalized spacial score (nSPS) is 11.2. The number of anilines is 1. The summed E-state index contributed by atoms with van der Waals surface area (Å²) in [6, 6.07) is 6.50. The van der Waals surface area contributed by atoms with E-state index in [0.29, 0.717) is 11.3 Å². The Kier molecular flexibility index (Phi) is 4.26. The van der Waals surface area contributed by atoms with Crippen molar-refractivity contribution < 1.29 is 14.4 Å². The molecule has 4 N–H and O–H groups in total. The second-order valence-electron chi connectivity index (χ2n) is 3.11. The van der Waals surface area contributed by atoms with E-state index in [9.17, 15) is 9.18 Å². The summed E-state index contributed by atoms with van der Waals surface area (Å²) in [5.74, 6) is -0.661. The van der Waals surface area contributed by atoms with Crippen LogP contribution in [0, 0.1) is 0 Å². The van der Waals surface area contributed by atoms with E-state index in [1.54, 1.807) is 24.3 Å². The van der Waals surface area contributed by atoms with Gasteiger partial charge in [-0.15, -0.1) is 0 Å². The van der Waals surface area contributed by atoms with Crippen LogP contribution in [0.5, 0.6) is 0 Å². The lowest BCUT2D eigenvalue weighted by atomic mass is 10.2. The highest BCUT2D eigenvalue weighted by Gasteiger charge is 2.08. The van der Waals surface area contributed by atoms with Gasteiger partial charge in [0.2, 0.25) is 5.91 Å². The second kappa shape index (κ2) is 5.69. The zero-order valence-electron chi connectivity index (χ0n) is 8.48. The van der Waals surface area contributed by atoms with Crippen molar-refractivity contribution in [2.75, 3.05) is 5.32 Å². The van der Waals surface area contributed by atoms with Crippen molar-refractivity contribution in [3.63, 3.8) is 0 Å². The summed E-state index contributed by atoms with van der Waals surface area (Å²) >= 11 is 0. The molecule has 0 fully saturated rings. The van der Waals surface area contributed by atoms with Crippen LogP contribution in [0.25, 0.3) is 0 Å². The first-order chi connectivity index (χ1) is 7.67. The average Bonchev–Trinajstić information content (AvgIpc) is 2.29. The second-order valence-corrected chi connectivity index (χ2v) is 3.11. The van der Waals surface area contributed by atoms with Gasteiger partial charge in [-0.3, -0.25) is 4.79 Å². The molecule has 1 aromatic carbocycles. The van der Waals surface area contributed by atoms with Crippen LogP contribution in [-0.4, -0.2) is 17.0 Å². The van der Waals surface area contributed by atoms with Gasteiger partial charge in [-0.2, -0.15) is 0 Å². The topological polar surface area (TPSA) is 87.7 Å². The van der Waals surface area contributed by atoms with Crippen molar-refractivity contribution in [1.29, 1.82) is 0 Å². The molecule has 0 spiro atoms. The number of hydrogen-bond acceptors (Lipinski definition) is 3. The molecule has 0 unspecified atom stereocenters. The lowest BCUT2D eigenvalue weighted by molar-refractivity contribution is -0.115. The number of benzene rings is 1. The minimum absolute atomic E-state index is 0.199. The molecule has 86 valence electrons. The minimum atomic E-state index is -0.667. The average molecular weight is 225 g/mol. The molecule has 0 aliphatic rings. The van der Waals surface area contributed by atoms with Crippen molar-refractivity contribution in [3.05, 3.63) is 29.8 Å². The van der Waals surface area contributed by atoms with Gasteiger partial charge in [0.25, 0.3) is 0 Å². The van der Waals surface area contributed by atoms with Gasteiger partial charge in [0, 0.05) is 11.3 Å². The maximum Gasteiger partial charge on any atom is 0.232 e. The third-order valence-electron chi connectivity index (χ3n) is 1.91. The van der Waals surface area contributed by atoms with Crippen LogP contribution in [0.3, 0.4) is 0 Å². The first-order valence-electron chi connectivity index (χ1n) is 4.57. The SMILES string of the molecule is N/C(CC(=O)Nc1ccccc1CF)=N\O. The smallest absolute Gasteiger partial charge is 0.232 e. The number of carbonyl (C=O) groups excluding carboxylic acids is 1. The number of nitrogens with zero attached hydrogens (tertiary/aromatic N) is 1. The molecule has 0 saturated heterocycles. The molecule has 6 heteroatoms. The highest BCUT2D eigenvalue weighted by molar-refractivity contribution is 6.05. The number of halogens is 1. The number of carbonyl (C=O) groups is 1. The molecule has 0 saturated carbocycles. The van der Waals surface area contributed by atoms with Crippen LogP contribution >= 0.6 is 0 Å². The van der Waals surface area contributed by atoms with E-state index in [2.05, 4.69) is 10.5 Å². The fraction of sp³-hybridized carbons (Fsp3) is 0.200. The molecular weight excluding hydrogens is 213 g/mol. The molecule has 1 rings (SSSR count). The Labute approximate surface area is 91.8 Å². The number of alkyl halides is 1.